The lowest BCUT2D eigenvalue weighted by Gasteiger charge is -1.99. The van der Waals surface area contributed by atoms with E-state index in [4.69, 9.17) is 11.6 Å². The number of rotatable bonds is 3. The monoisotopic (exact) mass is 316 g/mol. The Morgan fingerprint density at radius 2 is 2.31 bits per heavy atom. The van der Waals surface area contributed by atoms with Crippen molar-refractivity contribution in [2.45, 2.75) is 6.92 Å². The van der Waals surface area contributed by atoms with Crippen molar-refractivity contribution in [3.05, 3.63) is 33.9 Å². The molecule has 0 atom stereocenters. The Kier molecular flexibility index (Phi) is 3.84. The number of benzene rings is 1. The van der Waals surface area contributed by atoms with Gasteiger partial charge in [0.25, 0.3) is 0 Å². The normalized spacial score (nSPS) is 10.4. The van der Waals surface area contributed by atoms with Crippen LogP contribution in [0, 0.1) is 0 Å². The van der Waals surface area contributed by atoms with Crippen LogP contribution in [0.5, 0.6) is 0 Å². The van der Waals surface area contributed by atoms with Crippen LogP contribution in [-0.2, 0) is 0 Å². The number of thiazole rings is 1. The van der Waals surface area contributed by atoms with Crippen LogP contribution in [0.4, 0.5) is 5.13 Å². The highest BCUT2D eigenvalue weighted by Gasteiger charge is 2.05. The molecule has 0 spiro atoms. The van der Waals surface area contributed by atoms with Crippen molar-refractivity contribution in [1.29, 1.82) is 0 Å². The highest BCUT2D eigenvalue weighted by Crippen LogP contribution is 2.33. The number of nitrogens with zero attached hydrogens (tertiary/aromatic N) is 1. The summed E-state index contributed by atoms with van der Waals surface area (Å²) in [6.07, 6.45) is 1.87. The molecule has 0 radical (unpaired) electrons. The van der Waals surface area contributed by atoms with Crippen LogP contribution in [0.1, 0.15) is 6.92 Å². The number of hydrogen-bond donors (Lipinski definition) is 1. The van der Waals surface area contributed by atoms with Crippen molar-refractivity contribution in [3.63, 3.8) is 0 Å². The largest absolute Gasteiger partial charge is 0.362 e. The fourth-order valence-electron chi connectivity index (χ4n) is 1.29. The molecule has 0 aliphatic carbocycles. The predicted octanol–water partition coefficient (Wildman–Crippen LogP) is 4.66. The predicted molar refractivity (Wildman–Crippen MR) is 74.4 cm³/mol. The highest BCUT2D eigenvalue weighted by molar-refractivity contribution is 9.10. The Hall–Kier alpha value is -0.580. The first-order chi connectivity index (χ1) is 7.70. The SMILES string of the molecule is CCNc1ncc(-c2ccc(Cl)c(Br)c2)s1. The highest BCUT2D eigenvalue weighted by atomic mass is 79.9. The Labute approximate surface area is 112 Å². The molecule has 1 heterocycles. The molecule has 0 amide bonds. The topological polar surface area (TPSA) is 24.9 Å². The van der Waals surface area contributed by atoms with Gasteiger partial charge >= 0.3 is 0 Å². The molecule has 2 nitrogen and oxygen atoms in total. The lowest BCUT2D eigenvalue weighted by Crippen LogP contribution is -1.94. The Morgan fingerprint density at radius 3 is 3.00 bits per heavy atom. The molecule has 0 aliphatic rings. The van der Waals surface area contributed by atoms with Crippen molar-refractivity contribution in [3.8, 4) is 10.4 Å². The van der Waals surface area contributed by atoms with Crippen LogP contribution < -0.4 is 5.32 Å². The van der Waals surface area contributed by atoms with Gasteiger partial charge in [0.15, 0.2) is 5.13 Å². The van der Waals surface area contributed by atoms with E-state index in [0.29, 0.717) is 0 Å². The summed E-state index contributed by atoms with van der Waals surface area (Å²) in [6.45, 7) is 2.94. The smallest absolute Gasteiger partial charge is 0.183 e. The molecule has 0 fully saturated rings. The molecular weight excluding hydrogens is 308 g/mol. The molecule has 0 saturated heterocycles. The van der Waals surface area contributed by atoms with E-state index in [1.807, 2.05) is 24.4 Å². The maximum atomic E-state index is 5.95. The van der Waals surface area contributed by atoms with Gasteiger partial charge in [0.2, 0.25) is 0 Å². The summed E-state index contributed by atoms with van der Waals surface area (Å²) < 4.78 is 0.907. The first kappa shape index (κ1) is 11.9. The van der Waals surface area contributed by atoms with Gasteiger partial charge in [-0.15, -0.1) is 0 Å². The van der Waals surface area contributed by atoms with Crippen molar-refractivity contribution < 1.29 is 0 Å². The summed E-state index contributed by atoms with van der Waals surface area (Å²) in [5, 5.41) is 4.86. The van der Waals surface area contributed by atoms with Gasteiger partial charge in [-0.3, -0.25) is 0 Å². The average Bonchev–Trinajstić information content (AvgIpc) is 2.71. The molecule has 1 aromatic heterocycles. The number of nitrogens with one attached hydrogen (secondary N) is 1. The molecule has 5 heteroatoms. The standard InChI is InChI=1S/C11H10BrClN2S/c1-2-14-11-15-6-10(16-11)7-3-4-9(13)8(12)5-7/h3-6H,2H2,1H3,(H,14,15). The van der Waals surface area contributed by atoms with Crippen molar-refractivity contribution in [2.24, 2.45) is 0 Å². The van der Waals surface area contributed by atoms with Gasteiger partial charge in [-0.2, -0.15) is 0 Å². The fraction of sp³-hybridized carbons (Fsp3) is 0.182. The van der Waals surface area contributed by atoms with Crippen LogP contribution in [0.2, 0.25) is 5.02 Å². The summed E-state index contributed by atoms with van der Waals surface area (Å²) in [6, 6.07) is 5.88. The molecule has 0 aliphatic heterocycles. The average molecular weight is 318 g/mol. The Bertz CT molecular complexity index is 498. The third-order valence-electron chi connectivity index (χ3n) is 2.04. The quantitative estimate of drug-likeness (QED) is 0.890. The minimum absolute atomic E-state index is 0.722. The van der Waals surface area contributed by atoms with E-state index in [0.717, 1.165) is 31.6 Å². The van der Waals surface area contributed by atoms with Gasteiger partial charge in [0.05, 0.1) is 9.90 Å². The molecule has 1 N–H and O–H groups in total. The van der Waals surface area contributed by atoms with E-state index in [1.54, 1.807) is 11.3 Å². The lowest BCUT2D eigenvalue weighted by atomic mass is 10.2. The first-order valence-electron chi connectivity index (χ1n) is 4.86. The summed E-state index contributed by atoms with van der Waals surface area (Å²) >= 11 is 11.0. The van der Waals surface area contributed by atoms with Crippen LogP contribution >= 0.6 is 38.9 Å². The molecule has 1 aromatic carbocycles. The Balaban J connectivity index is 2.31. The van der Waals surface area contributed by atoms with E-state index < -0.39 is 0 Å². The zero-order valence-electron chi connectivity index (χ0n) is 8.63. The van der Waals surface area contributed by atoms with E-state index in [-0.39, 0.29) is 0 Å². The second-order valence-corrected chi connectivity index (χ2v) is 5.48. The molecule has 0 bridgehead atoms. The second-order valence-electron chi connectivity index (χ2n) is 3.19. The number of halogens is 2. The van der Waals surface area contributed by atoms with Crippen LogP contribution in [0.15, 0.2) is 28.9 Å². The van der Waals surface area contributed by atoms with E-state index >= 15 is 0 Å². The summed E-state index contributed by atoms with van der Waals surface area (Å²) in [5.74, 6) is 0. The maximum absolute atomic E-state index is 5.95. The van der Waals surface area contributed by atoms with Gasteiger partial charge in [-0.05, 0) is 40.5 Å². The van der Waals surface area contributed by atoms with Gasteiger partial charge < -0.3 is 5.32 Å². The maximum Gasteiger partial charge on any atom is 0.183 e. The Morgan fingerprint density at radius 1 is 1.50 bits per heavy atom. The van der Waals surface area contributed by atoms with Crippen LogP contribution in [-0.4, -0.2) is 11.5 Å². The summed E-state index contributed by atoms with van der Waals surface area (Å²) in [5.41, 5.74) is 1.12. The number of anilines is 1. The van der Waals surface area contributed by atoms with Crippen molar-refractivity contribution in [1.82, 2.24) is 4.98 Å². The third-order valence-corrected chi connectivity index (χ3v) is 4.26. The number of aromatic nitrogens is 1. The van der Waals surface area contributed by atoms with Gasteiger partial charge in [0.1, 0.15) is 0 Å². The minimum atomic E-state index is 0.722. The summed E-state index contributed by atoms with van der Waals surface area (Å²) in [4.78, 5) is 5.43. The fourth-order valence-corrected chi connectivity index (χ4v) is 2.67. The van der Waals surface area contributed by atoms with Crippen LogP contribution in [0.3, 0.4) is 0 Å². The molecular formula is C11H10BrClN2S. The van der Waals surface area contributed by atoms with Gasteiger partial charge in [-0.25, -0.2) is 4.98 Å². The van der Waals surface area contributed by atoms with Gasteiger partial charge in [0, 0.05) is 17.2 Å². The van der Waals surface area contributed by atoms with Crippen LogP contribution in [0.25, 0.3) is 10.4 Å². The minimum Gasteiger partial charge on any atom is -0.362 e. The number of hydrogen-bond acceptors (Lipinski definition) is 3. The molecule has 84 valence electrons. The second kappa shape index (κ2) is 5.17. The first-order valence-corrected chi connectivity index (χ1v) is 6.84. The lowest BCUT2D eigenvalue weighted by molar-refractivity contribution is 1.19. The van der Waals surface area contributed by atoms with Crippen molar-refractivity contribution >= 4 is 44.0 Å². The van der Waals surface area contributed by atoms with E-state index in [1.165, 1.54) is 0 Å². The molecule has 2 aromatic rings. The zero-order valence-corrected chi connectivity index (χ0v) is 11.8. The third kappa shape index (κ3) is 2.56. The zero-order chi connectivity index (χ0) is 11.5. The van der Waals surface area contributed by atoms with Gasteiger partial charge in [-0.1, -0.05) is 29.0 Å². The molecule has 2 rings (SSSR count). The molecule has 0 unspecified atom stereocenters. The molecule has 0 saturated carbocycles. The van der Waals surface area contributed by atoms with E-state index in [2.05, 4.69) is 33.2 Å². The summed E-state index contributed by atoms with van der Waals surface area (Å²) in [7, 11) is 0. The van der Waals surface area contributed by atoms with Crippen molar-refractivity contribution in [2.75, 3.05) is 11.9 Å². The molecule has 16 heavy (non-hydrogen) atoms. The van der Waals surface area contributed by atoms with E-state index in [9.17, 15) is 0 Å².